The molecular weight excluding hydrogens is 212 g/mol. The van der Waals surface area contributed by atoms with Crippen LogP contribution in [0.1, 0.15) is 33.1 Å². The van der Waals surface area contributed by atoms with Crippen molar-refractivity contribution in [3.8, 4) is 0 Å². The van der Waals surface area contributed by atoms with Gasteiger partial charge < -0.3 is 15.5 Å². The fourth-order valence-corrected chi connectivity index (χ4v) is 2.31. The van der Waals surface area contributed by atoms with Gasteiger partial charge in [0.05, 0.1) is 0 Å². The van der Waals surface area contributed by atoms with Crippen LogP contribution in [0.25, 0.3) is 0 Å². The van der Waals surface area contributed by atoms with Crippen molar-refractivity contribution in [3.05, 3.63) is 0 Å². The summed E-state index contributed by atoms with van der Waals surface area (Å²) >= 11 is 0. The Hall–Kier alpha value is -0.770. The summed E-state index contributed by atoms with van der Waals surface area (Å²) in [5.74, 6) is 1.77. The molecule has 2 fully saturated rings. The predicted molar refractivity (Wildman–Crippen MR) is 72.4 cm³/mol. The van der Waals surface area contributed by atoms with Crippen molar-refractivity contribution in [1.82, 2.24) is 15.5 Å². The summed E-state index contributed by atoms with van der Waals surface area (Å²) in [5.41, 5.74) is 0. The fraction of sp³-hybridized carbons (Fsp3) is 0.923. The molecule has 2 rings (SSSR count). The third-order valence-corrected chi connectivity index (χ3v) is 3.59. The second-order valence-electron chi connectivity index (χ2n) is 5.19. The molecule has 1 saturated heterocycles. The second-order valence-corrected chi connectivity index (χ2v) is 5.19. The molecule has 1 atom stereocenters. The molecule has 0 amide bonds. The fourth-order valence-electron chi connectivity index (χ4n) is 2.31. The van der Waals surface area contributed by atoms with Crippen LogP contribution in [0, 0.1) is 5.92 Å². The Balaban J connectivity index is 1.75. The SMILES string of the molecule is CCNC(=NCC1CCN(CC)C1)NC1CC1. The molecule has 1 saturated carbocycles. The minimum absolute atomic E-state index is 0.684. The highest BCUT2D eigenvalue weighted by Crippen LogP contribution is 2.19. The Morgan fingerprint density at radius 1 is 1.29 bits per heavy atom. The Morgan fingerprint density at radius 2 is 2.12 bits per heavy atom. The molecule has 1 aliphatic heterocycles. The van der Waals surface area contributed by atoms with Crippen molar-refractivity contribution in [2.75, 3.05) is 32.7 Å². The van der Waals surface area contributed by atoms with Gasteiger partial charge in [-0.15, -0.1) is 0 Å². The van der Waals surface area contributed by atoms with Crippen molar-refractivity contribution in [1.29, 1.82) is 0 Å². The molecule has 1 aliphatic carbocycles. The van der Waals surface area contributed by atoms with Crippen LogP contribution < -0.4 is 10.6 Å². The number of hydrogen-bond acceptors (Lipinski definition) is 2. The van der Waals surface area contributed by atoms with Gasteiger partial charge in [-0.1, -0.05) is 6.92 Å². The normalized spacial score (nSPS) is 26.2. The molecule has 1 heterocycles. The molecule has 1 unspecified atom stereocenters. The lowest BCUT2D eigenvalue weighted by Crippen LogP contribution is -2.39. The Labute approximate surface area is 105 Å². The molecule has 0 aromatic heterocycles. The number of hydrogen-bond donors (Lipinski definition) is 2. The molecular formula is C13H26N4. The van der Waals surface area contributed by atoms with Gasteiger partial charge in [-0.25, -0.2) is 0 Å². The largest absolute Gasteiger partial charge is 0.357 e. The maximum Gasteiger partial charge on any atom is 0.191 e. The first-order valence-corrected chi connectivity index (χ1v) is 7.09. The van der Waals surface area contributed by atoms with E-state index in [0.29, 0.717) is 6.04 Å². The predicted octanol–water partition coefficient (Wildman–Crippen LogP) is 1.05. The second kappa shape index (κ2) is 6.24. The summed E-state index contributed by atoms with van der Waals surface area (Å²) in [4.78, 5) is 7.23. The average Bonchev–Trinajstić information content (AvgIpc) is 3.03. The van der Waals surface area contributed by atoms with Gasteiger partial charge in [0.15, 0.2) is 5.96 Å². The molecule has 0 spiro atoms. The van der Waals surface area contributed by atoms with Crippen LogP contribution in [-0.2, 0) is 0 Å². The van der Waals surface area contributed by atoms with E-state index in [1.165, 1.54) is 38.9 Å². The summed E-state index contributed by atoms with van der Waals surface area (Å²) in [7, 11) is 0. The van der Waals surface area contributed by atoms with E-state index in [9.17, 15) is 0 Å². The summed E-state index contributed by atoms with van der Waals surface area (Å²) in [6.07, 6.45) is 3.91. The number of guanidine groups is 1. The number of likely N-dealkylation sites (tertiary alicyclic amines) is 1. The Kier molecular flexibility index (Phi) is 4.66. The summed E-state index contributed by atoms with van der Waals surface area (Å²) in [6.45, 7) is 9.94. The monoisotopic (exact) mass is 238 g/mol. The van der Waals surface area contributed by atoms with Gasteiger partial charge in [0.25, 0.3) is 0 Å². The maximum atomic E-state index is 4.71. The van der Waals surface area contributed by atoms with Gasteiger partial charge in [0, 0.05) is 25.7 Å². The van der Waals surface area contributed by atoms with E-state index in [-0.39, 0.29) is 0 Å². The molecule has 2 aliphatic rings. The quantitative estimate of drug-likeness (QED) is 0.555. The maximum absolute atomic E-state index is 4.71. The molecule has 0 bridgehead atoms. The van der Waals surface area contributed by atoms with Crippen molar-refractivity contribution < 1.29 is 0 Å². The lowest BCUT2D eigenvalue weighted by molar-refractivity contribution is 0.343. The number of aliphatic imine (C=N–C) groups is 1. The molecule has 17 heavy (non-hydrogen) atoms. The van der Waals surface area contributed by atoms with Crippen LogP contribution in [0.15, 0.2) is 4.99 Å². The zero-order chi connectivity index (χ0) is 12.1. The molecule has 4 nitrogen and oxygen atoms in total. The number of nitrogens with one attached hydrogen (secondary N) is 2. The van der Waals surface area contributed by atoms with Gasteiger partial charge in [-0.2, -0.15) is 0 Å². The lowest BCUT2D eigenvalue weighted by Gasteiger charge is -2.13. The zero-order valence-corrected chi connectivity index (χ0v) is 11.2. The first-order valence-electron chi connectivity index (χ1n) is 7.09. The first kappa shape index (κ1) is 12.7. The van der Waals surface area contributed by atoms with Gasteiger partial charge in [0.2, 0.25) is 0 Å². The van der Waals surface area contributed by atoms with Crippen LogP contribution >= 0.6 is 0 Å². The van der Waals surface area contributed by atoms with E-state index in [1.54, 1.807) is 0 Å². The molecule has 98 valence electrons. The standard InChI is InChI=1S/C13H26N4/c1-3-14-13(16-12-5-6-12)15-9-11-7-8-17(4-2)10-11/h11-12H,3-10H2,1-2H3,(H2,14,15,16). The van der Waals surface area contributed by atoms with Crippen LogP contribution in [0.2, 0.25) is 0 Å². The van der Waals surface area contributed by atoms with Crippen molar-refractivity contribution in [2.45, 2.75) is 39.2 Å². The van der Waals surface area contributed by atoms with Crippen molar-refractivity contribution in [2.24, 2.45) is 10.9 Å². The molecule has 4 heteroatoms. The van der Waals surface area contributed by atoms with Crippen LogP contribution in [0.3, 0.4) is 0 Å². The highest BCUT2D eigenvalue weighted by Gasteiger charge is 2.23. The smallest absolute Gasteiger partial charge is 0.191 e. The molecule has 2 N–H and O–H groups in total. The van der Waals surface area contributed by atoms with Crippen LogP contribution in [0.4, 0.5) is 0 Å². The topological polar surface area (TPSA) is 39.7 Å². The Morgan fingerprint density at radius 3 is 2.71 bits per heavy atom. The van der Waals surface area contributed by atoms with Crippen LogP contribution in [0.5, 0.6) is 0 Å². The van der Waals surface area contributed by atoms with Gasteiger partial charge in [-0.05, 0) is 45.2 Å². The van der Waals surface area contributed by atoms with E-state index >= 15 is 0 Å². The van der Waals surface area contributed by atoms with Gasteiger partial charge in [-0.3, -0.25) is 4.99 Å². The Bertz CT molecular complexity index is 260. The molecule has 0 aromatic carbocycles. The third kappa shape index (κ3) is 4.19. The zero-order valence-electron chi connectivity index (χ0n) is 11.2. The molecule has 0 radical (unpaired) electrons. The van der Waals surface area contributed by atoms with Crippen molar-refractivity contribution in [3.63, 3.8) is 0 Å². The van der Waals surface area contributed by atoms with Gasteiger partial charge in [0.1, 0.15) is 0 Å². The van der Waals surface area contributed by atoms with E-state index in [2.05, 4.69) is 29.4 Å². The highest BCUT2D eigenvalue weighted by molar-refractivity contribution is 5.80. The third-order valence-electron chi connectivity index (χ3n) is 3.59. The highest BCUT2D eigenvalue weighted by atomic mass is 15.2. The molecule has 0 aromatic rings. The number of rotatable bonds is 5. The van der Waals surface area contributed by atoms with Gasteiger partial charge >= 0.3 is 0 Å². The lowest BCUT2D eigenvalue weighted by atomic mass is 10.1. The van der Waals surface area contributed by atoms with E-state index in [1.807, 2.05) is 0 Å². The summed E-state index contributed by atoms with van der Waals surface area (Å²) in [6, 6.07) is 0.684. The summed E-state index contributed by atoms with van der Waals surface area (Å²) in [5, 5.41) is 6.79. The average molecular weight is 238 g/mol. The number of nitrogens with zero attached hydrogens (tertiary/aromatic N) is 2. The minimum atomic E-state index is 0.684. The first-order chi connectivity index (χ1) is 8.31. The van der Waals surface area contributed by atoms with Crippen molar-refractivity contribution >= 4 is 5.96 Å². The van der Waals surface area contributed by atoms with E-state index < -0.39 is 0 Å². The van der Waals surface area contributed by atoms with Crippen LogP contribution in [-0.4, -0.2) is 49.6 Å². The van der Waals surface area contributed by atoms with E-state index in [4.69, 9.17) is 4.99 Å². The minimum Gasteiger partial charge on any atom is -0.357 e. The summed E-state index contributed by atoms with van der Waals surface area (Å²) < 4.78 is 0. The van der Waals surface area contributed by atoms with E-state index in [0.717, 1.165) is 25.0 Å².